The first-order chi connectivity index (χ1) is 12.4. The average Bonchev–Trinajstić information content (AvgIpc) is 2.94. The molecule has 0 unspecified atom stereocenters. The average molecular weight is 365 g/mol. The summed E-state index contributed by atoms with van der Waals surface area (Å²) in [6, 6.07) is 9.38. The number of carbonyl (C=O) groups is 1. The van der Waals surface area contributed by atoms with Gasteiger partial charge in [0.2, 0.25) is 0 Å². The van der Waals surface area contributed by atoms with Gasteiger partial charge in [-0.05, 0) is 42.3 Å². The summed E-state index contributed by atoms with van der Waals surface area (Å²) >= 11 is 0. The Balaban J connectivity index is 1.58. The fraction of sp³-hybridized carbons (Fsp3) is 0.278. The van der Waals surface area contributed by atoms with Crippen molar-refractivity contribution in [3.8, 4) is 23.0 Å². The standard InChI is InChI=1S/C18H17F2NO5/c1-23-13-5-3-11(9-15(13)24-2)7-8-21-17(22)12-4-6-14-16(10-12)26-18(19,20)25-14/h3-6,9-10H,7-8H2,1-2H3,(H,21,22). The highest BCUT2D eigenvalue weighted by atomic mass is 19.3. The number of nitrogens with one attached hydrogen (secondary N) is 1. The van der Waals surface area contributed by atoms with Crippen molar-refractivity contribution in [1.29, 1.82) is 0 Å². The van der Waals surface area contributed by atoms with Crippen molar-refractivity contribution >= 4 is 5.91 Å². The summed E-state index contributed by atoms with van der Waals surface area (Å²) in [4.78, 5) is 12.2. The second kappa shape index (κ2) is 7.07. The Bertz CT molecular complexity index is 825. The molecule has 0 bridgehead atoms. The predicted molar refractivity (Wildman–Crippen MR) is 88.2 cm³/mol. The Morgan fingerprint density at radius 2 is 1.77 bits per heavy atom. The zero-order chi connectivity index (χ0) is 18.7. The zero-order valence-electron chi connectivity index (χ0n) is 14.2. The lowest BCUT2D eigenvalue weighted by Gasteiger charge is -2.10. The third kappa shape index (κ3) is 3.79. The van der Waals surface area contributed by atoms with E-state index in [4.69, 9.17) is 9.47 Å². The van der Waals surface area contributed by atoms with Gasteiger partial charge in [0.1, 0.15) is 0 Å². The predicted octanol–water partition coefficient (Wildman–Crippen LogP) is 3.00. The summed E-state index contributed by atoms with van der Waals surface area (Å²) in [5, 5.41) is 2.73. The van der Waals surface area contributed by atoms with Gasteiger partial charge in [-0.15, -0.1) is 8.78 Å². The molecule has 1 amide bonds. The van der Waals surface area contributed by atoms with Crippen LogP contribution in [-0.2, 0) is 6.42 Å². The van der Waals surface area contributed by atoms with Crippen LogP contribution in [0.5, 0.6) is 23.0 Å². The molecule has 0 spiro atoms. The molecule has 2 aromatic rings. The largest absolute Gasteiger partial charge is 0.586 e. The Hall–Kier alpha value is -3.03. The minimum Gasteiger partial charge on any atom is -0.493 e. The molecule has 2 aromatic carbocycles. The van der Waals surface area contributed by atoms with Gasteiger partial charge < -0.3 is 24.3 Å². The van der Waals surface area contributed by atoms with E-state index in [1.165, 1.54) is 18.2 Å². The Labute approximate surface area is 148 Å². The van der Waals surface area contributed by atoms with Crippen molar-refractivity contribution in [3.05, 3.63) is 47.5 Å². The fourth-order valence-corrected chi connectivity index (χ4v) is 2.55. The van der Waals surface area contributed by atoms with E-state index < -0.39 is 12.2 Å². The summed E-state index contributed by atoms with van der Waals surface area (Å²) in [5.41, 5.74) is 1.16. The summed E-state index contributed by atoms with van der Waals surface area (Å²) < 4.78 is 45.1. The van der Waals surface area contributed by atoms with E-state index in [0.717, 1.165) is 5.56 Å². The highest BCUT2D eigenvalue weighted by Crippen LogP contribution is 2.41. The monoisotopic (exact) mass is 365 g/mol. The molecule has 1 N–H and O–H groups in total. The van der Waals surface area contributed by atoms with Crippen molar-refractivity contribution in [2.24, 2.45) is 0 Å². The number of fused-ring (bicyclic) bond motifs is 1. The number of halogens is 2. The number of methoxy groups -OCH3 is 2. The summed E-state index contributed by atoms with van der Waals surface area (Å²) in [6.45, 7) is 0.360. The molecular formula is C18H17F2NO5. The second-order valence-corrected chi connectivity index (χ2v) is 5.52. The van der Waals surface area contributed by atoms with Crippen molar-refractivity contribution in [2.75, 3.05) is 20.8 Å². The van der Waals surface area contributed by atoms with Gasteiger partial charge in [-0.1, -0.05) is 6.07 Å². The fourth-order valence-electron chi connectivity index (χ4n) is 2.55. The maximum absolute atomic E-state index is 13.0. The van der Waals surface area contributed by atoms with Gasteiger partial charge in [0.05, 0.1) is 14.2 Å². The van der Waals surface area contributed by atoms with Crippen LogP contribution in [0, 0.1) is 0 Å². The molecule has 1 heterocycles. The molecule has 26 heavy (non-hydrogen) atoms. The van der Waals surface area contributed by atoms with Gasteiger partial charge in [-0.25, -0.2) is 0 Å². The number of rotatable bonds is 6. The van der Waals surface area contributed by atoms with Crippen LogP contribution in [-0.4, -0.2) is 33.0 Å². The lowest BCUT2D eigenvalue weighted by Crippen LogP contribution is -2.26. The molecule has 0 saturated carbocycles. The topological polar surface area (TPSA) is 66.0 Å². The van der Waals surface area contributed by atoms with Crippen LogP contribution in [0.25, 0.3) is 0 Å². The highest BCUT2D eigenvalue weighted by molar-refractivity contribution is 5.94. The summed E-state index contributed by atoms with van der Waals surface area (Å²) in [7, 11) is 3.10. The summed E-state index contributed by atoms with van der Waals surface area (Å²) in [5.74, 6) is 0.567. The normalized spacial score (nSPS) is 14.0. The molecule has 1 aliphatic heterocycles. The number of alkyl halides is 2. The third-order valence-corrected chi connectivity index (χ3v) is 3.81. The molecule has 0 aliphatic carbocycles. The Morgan fingerprint density at radius 3 is 2.50 bits per heavy atom. The van der Waals surface area contributed by atoms with Gasteiger partial charge in [0.15, 0.2) is 23.0 Å². The molecule has 1 aliphatic rings. The lowest BCUT2D eigenvalue weighted by molar-refractivity contribution is -0.286. The quantitative estimate of drug-likeness (QED) is 0.853. The molecule has 0 fully saturated rings. The van der Waals surface area contributed by atoms with E-state index in [2.05, 4.69) is 14.8 Å². The minimum absolute atomic E-state index is 0.100. The molecule has 0 saturated heterocycles. The van der Waals surface area contributed by atoms with Crippen molar-refractivity contribution in [2.45, 2.75) is 12.7 Å². The number of hydrogen-bond donors (Lipinski definition) is 1. The first kappa shape index (κ1) is 17.8. The van der Waals surface area contributed by atoms with Crippen LogP contribution in [0.15, 0.2) is 36.4 Å². The molecular weight excluding hydrogens is 348 g/mol. The van der Waals surface area contributed by atoms with Crippen LogP contribution in [0.1, 0.15) is 15.9 Å². The van der Waals surface area contributed by atoms with Crippen LogP contribution in [0.4, 0.5) is 8.78 Å². The second-order valence-electron chi connectivity index (χ2n) is 5.52. The number of hydrogen-bond acceptors (Lipinski definition) is 5. The van der Waals surface area contributed by atoms with Crippen LogP contribution in [0.2, 0.25) is 0 Å². The van der Waals surface area contributed by atoms with Gasteiger partial charge in [0.25, 0.3) is 5.91 Å². The van der Waals surface area contributed by atoms with E-state index in [-0.39, 0.29) is 17.1 Å². The number of amides is 1. The number of benzene rings is 2. The van der Waals surface area contributed by atoms with Gasteiger partial charge in [0, 0.05) is 12.1 Å². The van der Waals surface area contributed by atoms with E-state index in [1.54, 1.807) is 20.3 Å². The van der Waals surface area contributed by atoms with Crippen molar-refractivity contribution in [3.63, 3.8) is 0 Å². The zero-order valence-corrected chi connectivity index (χ0v) is 14.2. The van der Waals surface area contributed by atoms with Gasteiger partial charge >= 0.3 is 6.29 Å². The van der Waals surface area contributed by atoms with E-state index in [0.29, 0.717) is 24.5 Å². The Kier molecular flexibility index (Phi) is 4.83. The molecule has 138 valence electrons. The molecule has 6 nitrogen and oxygen atoms in total. The van der Waals surface area contributed by atoms with E-state index in [1.807, 2.05) is 12.1 Å². The molecule has 0 atom stereocenters. The third-order valence-electron chi connectivity index (χ3n) is 3.81. The number of carbonyl (C=O) groups excluding carboxylic acids is 1. The van der Waals surface area contributed by atoms with Crippen molar-refractivity contribution in [1.82, 2.24) is 5.32 Å². The summed E-state index contributed by atoms with van der Waals surface area (Å²) in [6.07, 6.45) is -3.14. The van der Waals surface area contributed by atoms with Crippen LogP contribution >= 0.6 is 0 Å². The van der Waals surface area contributed by atoms with E-state index in [9.17, 15) is 13.6 Å². The lowest BCUT2D eigenvalue weighted by atomic mass is 10.1. The van der Waals surface area contributed by atoms with Crippen LogP contribution < -0.4 is 24.3 Å². The first-order valence-corrected chi connectivity index (χ1v) is 7.81. The van der Waals surface area contributed by atoms with Crippen LogP contribution in [0.3, 0.4) is 0 Å². The minimum atomic E-state index is -3.70. The van der Waals surface area contributed by atoms with Gasteiger partial charge in [-0.3, -0.25) is 4.79 Å². The molecule has 0 radical (unpaired) electrons. The molecule has 3 rings (SSSR count). The number of ether oxygens (including phenoxy) is 4. The van der Waals surface area contributed by atoms with E-state index >= 15 is 0 Å². The smallest absolute Gasteiger partial charge is 0.493 e. The molecule has 8 heteroatoms. The maximum Gasteiger partial charge on any atom is 0.586 e. The van der Waals surface area contributed by atoms with Crippen molar-refractivity contribution < 1.29 is 32.5 Å². The SMILES string of the molecule is COc1ccc(CCNC(=O)c2ccc3c(c2)OC(F)(F)O3)cc1OC. The highest BCUT2D eigenvalue weighted by Gasteiger charge is 2.43. The Morgan fingerprint density at radius 1 is 1.04 bits per heavy atom. The first-order valence-electron chi connectivity index (χ1n) is 7.81. The van der Waals surface area contributed by atoms with Gasteiger partial charge in [-0.2, -0.15) is 0 Å². The molecule has 0 aromatic heterocycles. The maximum atomic E-state index is 13.0.